The summed E-state index contributed by atoms with van der Waals surface area (Å²) >= 11 is 0. The average Bonchev–Trinajstić information content (AvgIpc) is 2.33. The third kappa shape index (κ3) is 5.48. The number of likely N-dealkylation sites (N-methyl/N-ethyl adjacent to an activating group) is 1. The molecule has 19 heavy (non-hydrogen) atoms. The van der Waals surface area contributed by atoms with Crippen LogP contribution in [0.3, 0.4) is 0 Å². The molecule has 2 N–H and O–H groups in total. The first-order valence-electron chi connectivity index (χ1n) is 6.90. The van der Waals surface area contributed by atoms with Crippen molar-refractivity contribution in [2.75, 3.05) is 19.1 Å². The molecule has 0 aliphatic heterocycles. The molecular formula is C13H26N2O3S. The van der Waals surface area contributed by atoms with Crippen molar-refractivity contribution in [3.63, 3.8) is 0 Å². The van der Waals surface area contributed by atoms with E-state index < -0.39 is 15.9 Å². The van der Waals surface area contributed by atoms with Crippen LogP contribution in [-0.4, -0.2) is 50.4 Å². The van der Waals surface area contributed by atoms with Crippen LogP contribution >= 0.6 is 0 Å². The molecule has 0 saturated heterocycles. The van der Waals surface area contributed by atoms with Gasteiger partial charge in [-0.05, 0) is 25.2 Å². The summed E-state index contributed by atoms with van der Waals surface area (Å²) in [6.45, 7) is 2.20. The van der Waals surface area contributed by atoms with Crippen LogP contribution in [0.2, 0.25) is 0 Å². The van der Waals surface area contributed by atoms with Crippen molar-refractivity contribution in [2.45, 2.75) is 51.1 Å². The summed E-state index contributed by atoms with van der Waals surface area (Å²) in [5.74, 6) is 0.471. The molecular weight excluding hydrogens is 264 g/mol. The molecule has 6 heteroatoms. The summed E-state index contributed by atoms with van der Waals surface area (Å²) in [4.78, 5) is 13.9. The summed E-state index contributed by atoms with van der Waals surface area (Å²) < 4.78 is 22.2. The number of sulfone groups is 1. The van der Waals surface area contributed by atoms with E-state index in [1.807, 2.05) is 0 Å². The van der Waals surface area contributed by atoms with E-state index in [1.165, 1.54) is 6.42 Å². The fourth-order valence-corrected chi connectivity index (χ4v) is 3.34. The third-order valence-electron chi connectivity index (χ3n) is 3.92. The predicted octanol–water partition coefficient (Wildman–Crippen LogP) is 0.786. The Bertz CT molecular complexity index is 408. The third-order valence-corrected chi connectivity index (χ3v) is 4.90. The Morgan fingerprint density at radius 3 is 2.58 bits per heavy atom. The van der Waals surface area contributed by atoms with Crippen LogP contribution in [-0.2, 0) is 14.6 Å². The van der Waals surface area contributed by atoms with Crippen molar-refractivity contribution < 1.29 is 13.2 Å². The van der Waals surface area contributed by atoms with E-state index in [9.17, 15) is 13.2 Å². The summed E-state index contributed by atoms with van der Waals surface area (Å²) in [6.07, 6.45) is 5.76. The van der Waals surface area contributed by atoms with Gasteiger partial charge in [0, 0.05) is 19.3 Å². The molecule has 1 saturated carbocycles. The van der Waals surface area contributed by atoms with E-state index in [0.717, 1.165) is 25.5 Å². The smallest absolute Gasteiger partial charge is 0.239 e. The molecule has 3 unspecified atom stereocenters. The van der Waals surface area contributed by atoms with Gasteiger partial charge in [-0.15, -0.1) is 0 Å². The van der Waals surface area contributed by atoms with Gasteiger partial charge in [0.2, 0.25) is 5.91 Å². The molecule has 0 aromatic carbocycles. The van der Waals surface area contributed by atoms with Gasteiger partial charge in [-0.2, -0.15) is 0 Å². The minimum absolute atomic E-state index is 0.0329. The van der Waals surface area contributed by atoms with E-state index >= 15 is 0 Å². The van der Waals surface area contributed by atoms with Gasteiger partial charge < -0.3 is 10.6 Å². The highest BCUT2D eigenvalue weighted by Gasteiger charge is 2.28. The molecule has 112 valence electrons. The first-order chi connectivity index (χ1) is 8.70. The molecule has 1 rings (SSSR count). The van der Waals surface area contributed by atoms with Crippen LogP contribution in [0.15, 0.2) is 0 Å². The lowest BCUT2D eigenvalue weighted by Gasteiger charge is -2.35. The molecule has 5 nitrogen and oxygen atoms in total. The van der Waals surface area contributed by atoms with Gasteiger partial charge in [0.05, 0.1) is 11.8 Å². The van der Waals surface area contributed by atoms with Crippen LogP contribution < -0.4 is 5.73 Å². The van der Waals surface area contributed by atoms with Crippen LogP contribution in [0.25, 0.3) is 0 Å². The largest absolute Gasteiger partial charge is 0.341 e. The highest BCUT2D eigenvalue weighted by molar-refractivity contribution is 7.90. The summed E-state index contributed by atoms with van der Waals surface area (Å²) in [6, 6.07) is -0.461. The second-order valence-electron chi connectivity index (χ2n) is 5.90. The van der Waals surface area contributed by atoms with E-state index in [4.69, 9.17) is 5.73 Å². The van der Waals surface area contributed by atoms with Gasteiger partial charge in [-0.25, -0.2) is 8.42 Å². The SMILES string of the molecule is CC1CCCC(N(C)C(=O)C(N)CCS(C)(=O)=O)C1. The highest BCUT2D eigenvalue weighted by Crippen LogP contribution is 2.26. The summed E-state index contributed by atoms with van der Waals surface area (Å²) in [5.41, 5.74) is 5.81. The molecule has 0 radical (unpaired) electrons. The molecule has 3 atom stereocenters. The van der Waals surface area contributed by atoms with Gasteiger partial charge in [0.25, 0.3) is 0 Å². The van der Waals surface area contributed by atoms with Crippen LogP contribution in [0.1, 0.15) is 39.0 Å². The lowest BCUT2D eigenvalue weighted by Crippen LogP contribution is -2.48. The second-order valence-corrected chi connectivity index (χ2v) is 8.16. The van der Waals surface area contributed by atoms with Gasteiger partial charge in [0.1, 0.15) is 9.84 Å². The lowest BCUT2D eigenvalue weighted by molar-refractivity contribution is -0.134. The van der Waals surface area contributed by atoms with Crippen LogP contribution in [0, 0.1) is 5.92 Å². The molecule has 0 aromatic heterocycles. The Labute approximate surface area is 116 Å². The van der Waals surface area contributed by atoms with Crippen molar-refractivity contribution in [3.8, 4) is 0 Å². The number of hydrogen-bond donors (Lipinski definition) is 1. The monoisotopic (exact) mass is 290 g/mol. The highest BCUT2D eigenvalue weighted by atomic mass is 32.2. The van der Waals surface area contributed by atoms with Crippen molar-refractivity contribution in [2.24, 2.45) is 11.7 Å². The number of nitrogens with zero attached hydrogens (tertiary/aromatic N) is 1. The van der Waals surface area contributed by atoms with Gasteiger partial charge in [-0.1, -0.05) is 19.8 Å². The Hall–Kier alpha value is -0.620. The Morgan fingerprint density at radius 1 is 1.42 bits per heavy atom. The maximum atomic E-state index is 12.2. The topological polar surface area (TPSA) is 80.5 Å². The van der Waals surface area contributed by atoms with E-state index in [1.54, 1.807) is 11.9 Å². The fraction of sp³-hybridized carbons (Fsp3) is 0.923. The molecule has 1 aliphatic rings. The number of amides is 1. The van der Waals surface area contributed by atoms with E-state index in [-0.39, 0.29) is 24.1 Å². The summed E-state index contributed by atoms with van der Waals surface area (Å²) in [5, 5.41) is 0. The van der Waals surface area contributed by atoms with Crippen LogP contribution in [0.4, 0.5) is 0 Å². The predicted molar refractivity (Wildman–Crippen MR) is 76.5 cm³/mol. The van der Waals surface area contributed by atoms with Gasteiger partial charge in [-0.3, -0.25) is 4.79 Å². The Morgan fingerprint density at radius 2 is 2.05 bits per heavy atom. The molecule has 0 aromatic rings. The number of hydrogen-bond acceptors (Lipinski definition) is 4. The Balaban J connectivity index is 2.51. The zero-order chi connectivity index (χ0) is 14.6. The minimum Gasteiger partial charge on any atom is -0.341 e. The minimum atomic E-state index is -3.06. The van der Waals surface area contributed by atoms with Crippen molar-refractivity contribution >= 4 is 15.7 Å². The average molecular weight is 290 g/mol. The summed E-state index contributed by atoms with van der Waals surface area (Å²) in [7, 11) is -1.28. The second kappa shape index (κ2) is 6.70. The maximum absolute atomic E-state index is 12.2. The van der Waals surface area contributed by atoms with Crippen LogP contribution in [0.5, 0.6) is 0 Å². The zero-order valence-electron chi connectivity index (χ0n) is 12.1. The standard InChI is InChI=1S/C13H26N2O3S/c1-10-5-4-6-11(9-10)15(2)13(16)12(14)7-8-19(3,17)18/h10-12H,4-9,14H2,1-3H3. The van der Waals surface area contributed by atoms with Crippen molar-refractivity contribution in [3.05, 3.63) is 0 Å². The Kier molecular flexibility index (Phi) is 5.80. The van der Waals surface area contributed by atoms with E-state index in [2.05, 4.69) is 6.92 Å². The zero-order valence-corrected chi connectivity index (χ0v) is 12.9. The quantitative estimate of drug-likeness (QED) is 0.811. The first-order valence-corrected chi connectivity index (χ1v) is 8.96. The van der Waals surface area contributed by atoms with Gasteiger partial charge in [0.15, 0.2) is 0 Å². The molecule has 0 spiro atoms. The number of carbonyl (C=O) groups excluding carboxylic acids is 1. The number of carbonyl (C=O) groups is 1. The molecule has 0 heterocycles. The first kappa shape index (κ1) is 16.4. The van der Waals surface area contributed by atoms with Crippen molar-refractivity contribution in [1.29, 1.82) is 0 Å². The molecule has 1 aliphatic carbocycles. The molecule has 1 fully saturated rings. The molecule has 0 bridgehead atoms. The maximum Gasteiger partial charge on any atom is 0.239 e. The lowest BCUT2D eigenvalue weighted by atomic mass is 9.86. The number of nitrogens with two attached hydrogens (primary N) is 1. The van der Waals surface area contributed by atoms with Crippen molar-refractivity contribution in [1.82, 2.24) is 4.90 Å². The number of rotatable bonds is 5. The normalized spacial score (nSPS) is 25.9. The van der Waals surface area contributed by atoms with Gasteiger partial charge >= 0.3 is 0 Å². The molecule has 1 amide bonds. The fourth-order valence-electron chi connectivity index (χ4n) is 2.66. The van der Waals surface area contributed by atoms with E-state index in [0.29, 0.717) is 5.92 Å².